The molecular formula is C27H37N5O6S. The van der Waals surface area contributed by atoms with Crippen LogP contribution in [0.15, 0.2) is 30.6 Å². The maximum atomic E-state index is 13.9. The van der Waals surface area contributed by atoms with Crippen molar-refractivity contribution in [3.8, 4) is 17.2 Å². The zero-order chi connectivity index (χ0) is 28.2. The second-order valence-corrected chi connectivity index (χ2v) is 12.2. The number of sulfone groups is 1. The number of ether oxygens (including phenoxy) is 4. The minimum Gasteiger partial charge on any atom is -0.494 e. The van der Waals surface area contributed by atoms with Crippen LogP contribution in [0.25, 0.3) is 5.69 Å². The Kier molecular flexibility index (Phi) is 9.19. The standard InChI is InChI=1S/C27H37N5O6S/c1-17(2)38-26(20-15-28-18(3)14-29-20)19(4)39(33,34)16-24-30-31-27(23-10-7-8-13-37-23)32(24)25-21(35-5)11-9-12-22(25)36-6/h9,11-12,14-15,17,19,23,26H,7-8,10,13,16H2,1-6H3/t19-,23-,26+/m1/s1. The van der Waals surface area contributed by atoms with E-state index in [-0.39, 0.29) is 18.0 Å². The lowest BCUT2D eigenvalue weighted by Crippen LogP contribution is -2.31. The monoisotopic (exact) mass is 559 g/mol. The number of nitrogens with zero attached hydrogens (tertiary/aromatic N) is 5. The Labute approximate surface area is 229 Å². The number of methoxy groups -OCH3 is 2. The zero-order valence-electron chi connectivity index (χ0n) is 23.3. The van der Waals surface area contributed by atoms with Crippen LogP contribution >= 0.6 is 0 Å². The van der Waals surface area contributed by atoms with Crippen LogP contribution in [0, 0.1) is 6.92 Å². The van der Waals surface area contributed by atoms with Gasteiger partial charge in [-0.15, -0.1) is 10.2 Å². The van der Waals surface area contributed by atoms with Gasteiger partial charge in [-0.25, -0.2) is 8.42 Å². The van der Waals surface area contributed by atoms with Crippen molar-refractivity contribution >= 4 is 9.84 Å². The second-order valence-electron chi connectivity index (χ2n) is 9.88. The van der Waals surface area contributed by atoms with Gasteiger partial charge in [-0.1, -0.05) is 6.07 Å². The number of hydrogen-bond acceptors (Lipinski definition) is 10. The molecule has 39 heavy (non-hydrogen) atoms. The molecule has 0 spiro atoms. The average molecular weight is 560 g/mol. The molecular weight excluding hydrogens is 522 g/mol. The maximum absolute atomic E-state index is 13.9. The molecule has 212 valence electrons. The summed E-state index contributed by atoms with van der Waals surface area (Å²) >= 11 is 0. The summed E-state index contributed by atoms with van der Waals surface area (Å²) in [5.74, 6) is 1.33. The third kappa shape index (κ3) is 6.39. The van der Waals surface area contributed by atoms with Gasteiger partial charge in [0.25, 0.3) is 0 Å². The van der Waals surface area contributed by atoms with E-state index in [1.807, 2.05) is 20.8 Å². The van der Waals surface area contributed by atoms with Gasteiger partial charge in [-0.2, -0.15) is 0 Å². The van der Waals surface area contributed by atoms with Crippen LogP contribution in [0.1, 0.15) is 75.3 Å². The molecule has 1 aliphatic heterocycles. The maximum Gasteiger partial charge on any atom is 0.167 e. The van der Waals surface area contributed by atoms with Crippen LogP contribution in [-0.4, -0.2) is 65.3 Å². The molecule has 1 aromatic carbocycles. The first-order valence-corrected chi connectivity index (χ1v) is 14.8. The van der Waals surface area contributed by atoms with Gasteiger partial charge in [-0.05, 0) is 59.1 Å². The smallest absolute Gasteiger partial charge is 0.167 e. The average Bonchev–Trinajstić information content (AvgIpc) is 3.33. The lowest BCUT2D eigenvalue weighted by molar-refractivity contribution is 0.00380. The van der Waals surface area contributed by atoms with E-state index in [1.165, 1.54) is 0 Å². The summed E-state index contributed by atoms with van der Waals surface area (Å²) in [4.78, 5) is 8.71. The van der Waals surface area contributed by atoms with Crippen molar-refractivity contribution in [3.63, 3.8) is 0 Å². The summed E-state index contributed by atoms with van der Waals surface area (Å²) in [6.45, 7) is 7.75. The Morgan fingerprint density at radius 2 is 1.77 bits per heavy atom. The summed E-state index contributed by atoms with van der Waals surface area (Å²) in [6.07, 6.45) is 4.46. The highest BCUT2D eigenvalue weighted by Gasteiger charge is 2.36. The molecule has 12 heteroatoms. The lowest BCUT2D eigenvalue weighted by Gasteiger charge is -2.26. The number of aryl methyl sites for hydroxylation is 1. The van der Waals surface area contributed by atoms with Crippen LogP contribution in [0.5, 0.6) is 11.5 Å². The molecule has 0 saturated carbocycles. The van der Waals surface area contributed by atoms with Crippen molar-refractivity contribution in [2.24, 2.45) is 0 Å². The van der Waals surface area contributed by atoms with Crippen LogP contribution in [-0.2, 0) is 25.1 Å². The van der Waals surface area contributed by atoms with E-state index in [1.54, 1.807) is 56.3 Å². The molecule has 2 aromatic heterocycles. The SMILES string of the molecule is COc1cccc(OC)c1-n1c(CS(=O)(=O)[C@H](C)[C@H](OC(C)C)c2cnc(C)cn2)nnc1[C@H]1CCCCO1. The van der Waals surface area contributed by atoms with Crippen LogP contribution in [0.3, 0.4) is 0 Å². The first-order chi connectivity index (χ1) is 18.7. The summed E-state index contributed by atoms with van der Waals surface area (Å²) in [5, 5.41) is 7.85. The van der Waals surface area contributed by atoms with Gasteiger partial charge in [0.1, 0.15) is 35.1 Å². The Morgan fingerprint density at radius 1 is 1.05 bits per heavy atom. The molecule has 0 aliphatic carbocycles. The fourth-order valence-electron chi connectivity index (χ4n) is 4.64. The van der Waals surface area contributed by atoms with Gasteiger partial charge in [0.2, 0.25) is 0 Å². The van der Waals surface area contributed by atoms with E-state index in [0.717, 1.165) is 25.0 Å². The van der Waals surface area contributed by atoms with Crippen molar-refractivity contribution in [1.29, 1.82) is 0 Å². The molecule has 0 bridgehead atoms. The Hall–Kier alpha value is -3.09. The Bertz CT molecular complexity index is 1330. The topological polar surface area (TPSA) is 128 Å². The molecule has 4 rings (SSSR count). The first kappa shape index (κ1) is 28.9. The van der Waals surface area contributed by atoms with Crippen molar-refractivity contribution in [3.05, 3.63) is 53.6 Å². The zero-order valence-corrected chi connectivity index (χ0v) is 24.1. The molecule has 3 heterocycles. The van der Waals surface area contributed by atoms with Crippen molar-refractivity contribution in [2.45, 2.75) is 76.3 Å². The molecule has 0 unspecified atom stereocenters. The van der Waals surface area contributed by atoms with Crippen molar-refractivity contribution < 1.29 is 27.4 Å². The van der Waals surface area contributed by atoms with Crippen LogP contribution < -0.4 is 9.47 Å². The van der Waals surface area contributed by atoms with Gasteiger partial charge >= 0.3 is 0 Å². The molecule has 0 amide bonds. The predicted octanol–water partition coefficient (Wildman–Crippen LogP) is 4.09. The number of benzene rings is 1. The van der Waals surface area contributed by atoms with E-state index in [2.05, 4.69) is 20.2 Å². The van der Waals surface area contributed by atoms with E-state index in [9.17, 15) is 8.42 Å². The van der Waals surface area contributed by atoms with E-state index < -0.39 is 26.9 Å². The van der Waals surface area contributed by atoms with E-state index in [4.69, 9.17) is 18.9 Å². The Morgan fingerprint density at radius 3 is 2.33 bits per heavy atom. The summed E-state index contributed by atoms with van der Waals surface area (Å²) < 4.78 is 53.0. The second kappa shape index (κ2) is 12.4. The molecule has 11 nitrogen and oxygen atoms in total. The highest BCUT2D eigenvalue weighted by atomic mass is 32.2. The largest absolute Gasteiger partial charge is 0.494 e. The fourth-order valence-corrected chi connectivity index (χ4v) is 6.03. The summed E-state index contributed by atoms with van der Waals surface area (Å²) in [6, 6.07) is 5.37. The number of aromatic nitrogens is 5. The number of hydrogen-bond donors (Lipinski definition) is 0. The summed E-state index contributed by atoms with van der Waals surface area (Å²) in [5.41, 5.74) is 1.71. The van der Waals surface area contributed by atoms with E-state index >= 15 is 0 Å². The molecule has 0 N–H and O–H groups in total. The van der Waals surface area contributed by atoms with Gasteiger partial charge in [0.05, 0.1) is 43.2 Å². The van der Waals surface area contributed by atoms with E-state index in [0.29, 0.717) is 35.3 Å². The minimum atomic E-state index is -3.84. The predicted molar refractivity (Wildman–Crippen MR) is 145 cm³/mol. The highest BCUT2D eigenvalue weighted by Crippen LogP contribution is 2.38. The van der Waals surface area contributed by atoms with Crippen molar-refractivity contribution in [1.82, 2.24) is 24.7 Å². The quantitative estimate of drug-likeness (QED) is 0.339. The lowest BCUT2D eigenvalue weighted by atomic mass is 10.1. The van der Waals surface area contributed by atoms with Gasteiger partial charge in [-0.3, -0.25) is 14.5 Å². The molecule has 3 atom stereocenters. The molecule has 0 radical (unpaired) electrons. The fraction of sp³-hybridized carbons (Fsp3) is 0.556. The first-order valence-electron chi connectivity index (χ1n) is 13.1. The molecule has 1 fully saturated rings. The molecule has 1 aliphatic rings. The normalized spacial score (nSPS) is 17.7. The molecule has 1 saturated heterocycles. The third-order valence-corrected chi connectivity index (χ3v) is 8.72. The number of para-hydroxylation sites is 1. The van der Waals surface area contributed by atoms with Crippen LogP contribution in [0.4, 0.5) is 0 Å². The highest BCUT2D eigenvalue weighted by molar-refractivity contribution is 7.91. The van der Waals surface area contributed by atoms with Gasteiger partial charge in [0, 0.05) is 12.8 Å². The van der Waals surface area contributed by atoms with Gasteiger partial charge < -0.3 is 18.9 Å². The third-order valence-electron chi connectivity index (χ3n) is 6.68. The molecule has 3 aromatic rings. The summed E-state index contributed by atoms with van der Waals surface area (Å²) in [7, 11) is -0.742. The number of rotatable bonds is 11. The Balaban J connectivity index is 1.79. The van der Waals surface area contributed by atoms with Crippen LogP contribution in [0.2, 0.25) is 0 Å². The minimum absolute atomic E-state index is 0.229. The van der Waals surface area contributed by atoms with Gasteiger partial charge in [0.15, 0.2) is 21.5 Å². The van der Waals surface area contributed by atoms with Crippen molar-refractivity contribution in [2.75, 3.05) is 20.8 Å².